The zero-order valence-corrected chi connectivity index (χ0v) is 16.8. The van der Waals surface area contributed by atoms with Gasteiger partial charge in [0.05, 0.1) is 16.3 Å². The van der Waals surface area contributed by atoms with Crippen molar-refractivity contribution in [1.82, 2.24) is 14.8 Å². The van der Waals surface area contributed by atoms with Crippen molar-refractivity contribution in [2.45, 2.75) is 32.3 Å². The zero-order valence-electron chi connectivity index (χ0n) is 15.9. The third kappa shape index (κ3) is 4.85. The molecule has 0 aliphatic carbocycles. The van der Waals surface area contributed by atoms with Gasteiger partial charge in [-0.25, -0.2) is 4.98 Å². The normalized spacial score (nSPS) is 21.7. The molecule has 27 heavy (non-hydrogen) atoms. The minimum atomic E-state index is 0.0495. The van der Waals surface area contributed by atoms with E-state index in [0.717, 1.165) is 61.7 Å². The highest BCUT2D eigenvalue weighted by Crippen LogP contribution is 2.27. The van der Waals surface area contributed by atoms with Crippen LogP contribution >= 0.6 is 11.3 Å². The van der Waals surface area contributed by atoms with Crippen molar-refractivity contribution < 1.29 is 9.53 Å². The second-order valence-corrected chi connectivity index (χ2v) is 8.55. The van der Waals surface area contributed by atoms with Gasteiger partial charge in [0, 0.05) is 52.3 Å². The first-order chi connectivity index (χ1) is 13.2. The lowest BCUT2D eigenvalue weighted by molar-refractivity contribution is -0.116. The van der Waals surface area contributed by atoms with Gasteiger partial charge < -0.3 is 15.0 Å². The van der Waals surface area contributed by atoms with E-state index in [-0.39, 0.29) is 5.91 Å². The van der Waals surface area contributed by atoms with Gasteiger partial charge in [0.25, 0.3) is 0 Å². The second kappa shape index (κ2) is 8.65. The number of thiazole rings is 1. The second-order valence-electron chi connectivity index (χ2n) is 7.52. The topological polar surface area (TPSA) is 57.7 Å². The number of hydrogen-bond acceptors (Lipinski definition) is 6. The number of hydrogen-bond donors (Lipinski definition) is 1. The van der Waals surface area contributed by atoms with Gasteiger partial charge in [-0.15, -0.1) is 0 Å². The number of rotatable bonds is 6. The summed E-state index contributed by atoms with van der Waals surface area (Å²) in [6.07, 6.45) is 3.35. The maximum absolute atomic E-state index is 12.3. The van der Waals surface area contributed by atoms with E-state index in [1.807, 2.05) is 25.1 Å². The Morgan fingerprint density at radius 3 is 2.85 bits per heavy atom. The molecule has 146 valence electrons. The Bertz CT molecular complexity index is 779. The molecule has 1 atom stereocenters. The molecule has 3 heterocycles. The van der Waals surface area contributed by atoms with Crippen LogP contribution in [0.5, 0.6) is 0 Å². The van der Waals surface area contributed by atoms with Crippen LogP contribution in [0.3, 0.4) is 0 Å². The average Bonchev–Trinajstić information content (AvgIpc) is 3.31. The number of nitrogens with zero attached hydrogens (tertiary/aromatic N) is 3. The number of amides is 1. The van der Waals surface area contributed by atoms with E-state index in [9.17, 15) is 4.79 Å². The predicted octanol–water partition coefficient (Wildman–Crippen LogP) is 2.73. The molecule has 2 aliphatic heterocycles. The third-order valence-corrected chi connectivity index (χ3v) is 6.41. The average molecular weight is 389 g/mol. The van der Waals surface area contributed by atoms with E-state index in [1.165, 1.54) is 12.8 Å². The molecule has 1 aromatic heterocycles. The van der Waals surface area contributed by atoms with E-state index in [4.69, 9.17) is 4.74 Å². The highest BCUT2D eigenvalue weighted by molar-refractivity contribution is 7.22. The number of carbonyl (C=O) groups is 1. The van der Waals surface area contributed by atoms with Crippen LogP contribution < -0.4 is 5.32 Å². The molecule has 0 radical (unpaired) electrons. The number of aryl methyl sites for hydroxylation is 1. The lowest BCUT2D eigenvalue weighted by Gasteiger charge is -2.35. The van der Waals surface area contributed by atoms with Gasteiger partial charge in [0.1, 0.15) is 0 Å². The van der Waals surface area contributed by atoms with Crippen LogP contribution in [-0.2, 0) is 9.53 Å². The molecule has 7 heteroatoms. The summed E-state index contributed by atoms with van der Waals surface area (Å²) in [7, 11) is 0. The van der Waals surface area contributed by atoms with E-state index >= 15 is 0 Å². The minimum Gasteiger partial charge on any atom is -0.377 e. The van der Waals surface area contributed by atoms with Crippen LogP contribution in [0.1, 0.15) is 24.8 Å². The van der Waals surface area contributed by atoms with Gasteiger partial charge in [-0.3, -0.25) is 9.69 Å². The molecule has 2 aromatic rings. The summed E-state index contributed by atoms with van der Waals surface area (Å²) < 4.78 is 6.85. The first-order valence-electron chi connectivity index (χ1n) is 9.90. The van der Waals surface area contributed by atoms with Crippen molar-refractivity contribution >= 4 is 32.6 Å². The molecule has 6 nitrogen and oxygen atoms in total. The zero-order chi connectivity index (χ0) is 18.6. The molecule has 0 bridgehead atoms. The number of aromatic nitrogens is 1. The molecule has 4 rings (SSSR count). The Kier molecular flexibility index (Phi) is 6.02. The smallest absolute Gasteiger partial charge is 0.227 e. The van der Waals surface area contributed by atoms with Crippen molar-refractivity contribution in [2.24, 2.45) is 0 Å². The van der Waals surface area contributed by atoms with Gasteiger partial charge in [-0.05, 0) is 31.4 Å². The van der Waals surface area contributed by atoms with Crippen molar-refractivity contribution in [1.29, 1.82) is 0 Å². The third-order valence-electron chi connectivity index (χ3n) is 5.47. The Labute approximate surface area is 164 Å². The molecular formula is C20H28N4O2S. The Morgan fingerprint density at radius 2 is 2.11 bits per heavy atom. The molecule has 0 spiro atoms. The van der Waals surface area contributed by atoms with Crippen LogP contribution in [0, 0.1) is 6.92 Å². The lowest BCUT2D eigenvalue weighted by atomic mass is 10.2. The number of benzene rings is 1. The van der Waals surface area contributed by atoms with Crippen LogP contribution in [0.4, 0.5) is 5.13 Å². The van der Waals surface area contributed by atoms with Crippen molar-refractivity contribution in [3.8, 4) is 0 Å². The number of para-hydroxylation sites is 1. The standard InChI is InChI=1S/C20H28N4O2S/c1-15-4-2-6-17-19(15)22-20(27-17)21-18(25)7-8-23-9-11-24(12-10-23)14-16-5-3-13-26-16/h2,4,6,16H,3,5,7-14H2,1H3,(H,21,22,25). The van der Waals surface area contributed by atoms with E-state index in [0.29, 0.717) is 17.7 Å². The molecular weight excluding hydrogens is 360 g/mol. The molecule has 1 amide bonds. The van der Waals surface area contributed by atoms with Crippen LogP contribution in [0.25, 0.3) is 10.2 Å². The number of piperazine rings is 1. The minimum absolute atomic E-state index is 0.0495. The molecule has 1 N–H and O–H groups in total. The van der Waals surface area contributed by atoms with Crippen LogP contribution in [0.2, 0.25) is 0 Å². The maximum atomic E-state index is 12.3. The lowest BCUT2D eigenvalue weighted by Crippen LogP contribution is -2.48. The maximum Gasteiger partial charge on any atom is 0.227 e. The molecule has 0 saturated carbocycles. The molecule has 2 saturated heterocycles. The summed E-state index contributed by atoms with van der Waals surface area (Å²) in [6, 6.07) is 6.12. The fraction of sp³-hybridized carbons (Fsp3) is 0.600. The largest absolute Gasteiger partial charge is 0.377 e. The first-order valence-corrected chi connectivity index (χ1v) is 10.7. The Morgan fingerprint density at radius 1 is 1.30 bits per heavy atom. The Balaban J connectivity index is 1.19. The number of fused-ring (bicyclic) bond motifs is 1. The van der Waals surface area contributed by atoms with Crippen molar-refractivity contribution in [2.75, 3.05) is 51.2 Å². The summed E-state index contributed by atoms with van der Waals surface area (Å²) >= 11 is 1.54. The summed E-state index contributed by atoms with van der Waals surface area (Å²) in [6.45, 7) is 9.03. The van der Waals surface area contributed by atoms with Gasteiger partial charge >= 0.3 is 0 Å². The molecule has 1 unspecified atom stereocenters. The number of carbonyl (C=O) groups excluding carboxylic acids is 1. The first kappa shape index (κ1) is 18.8. The quantitative estimate of drug-likeness (QED) is 0.825. The highest BCUT2D eigenvalue weighted by Gasteiger charge is 2.23. The van der Waals surface area contributed by atoms with E-state index in [1.54, 1.807) is 11.3 Å². The summed E-state index contributed by atoms with van der Waals surface area (Å²) in [4.78, 5) is 21.8. The Hall–Kier alpha value is -1.54. The summed E-state index contributed by atoms with van der Waals surface area (Å²) in [5, 5.41) is 3.67. The molecule has 1 aromatic carbocycles. The van der Waals surface area contributed by atoms with Crippen molar-refractivity contribution in [3.63, 3.8) is 0 Å². The van der Waals surface area contributed by atoms with Gasteiger partial charge in [-0.1, -0.05) is 23.5 Å². The number of anilines is 1. The molecule has 2 fully saturated rings. The van der Waals surface area contributed by atoms with Gasteiger partial charge in [0.2, 0.25) is 5.91 Å². The fourth-order valence-electron chi connectivity index (χ4n) is 3.85. The highest BCUT2D eigenvalue weighted by atomic mass is 32.1. The fourth-order valence-corrected chi connectivity index (χ4v) is 4.81. The summed E-state index contributed by atoms with van der Waals surface area (Å²) in [5.41, 5.74) is 2.13. The monoisotopic (exact) mass is 388 g/mol. The predicted molar refractivity (Wildman–Crippen MR) is 109 cm³/mol. The van der Waals surface area contributed by atoms with E-state index < -0.39 is 0 Å². The van der Waals surface area contributed by atoms with Crippen LogP contribution in [-0.4, -0.2) is 72.7 Å². The van der Waals surface area contributed by atoms with E-state index in [2.05, 4.69) is 20.1 Å². The number of nitrogens with one attached hydrogen (secondary N) is 1. The van der Waals surface area contributed by atoms with Crippen molar-refractivity contribution in [3.05, 3.63) is 23.8 Å². The van der Waals surface area contributed by atoms with Crippen LogP contribution in [0.15, 0.2) is 18.2 Å². The SMILES string of the molecule is Cc1cccc2sc(NC(=O)CCN3CCN(CC4CCCO4)CC3)nc12. The summed E-state index contributed by atoms with van der Waals surface area (Å²) in [5.74, 6) is 0.0495. The molecule has 2 aliphatic rings. The van der Waals surface area contributed by atoms with Gasteiger partial charge in [0.15, 0.2) is 5.13 Å². The number of ether oxygens (including phenoxy) is 1. The van der Waals surface area contributed by atoms with Gasteiger partial charge in [-0.2, -0.15) is 0 Å².